The molecule has 1 N–H and O–H groups in total. The lowest BCUT2D eigenvalue weighted by Gasteiger charge is -2.25. The largest absolute Gasteiger partial charge is 0.465 e. The standard InChI is InChI=1S/C24H30N10O3/c1-6-27-21-20(15(3)19(23(36)32(4)5)22(29-21)33-10-8-9-11-33)30-31-24-28-16(12-25)17(13-26)34(24)14-18(35)37-7-2/h6-11,14H2,1-5H3,(H,27,29). The minimum absolute atomic E-state index is 0.118. The van der Waals surface area contributed by atoms with E-state index >= 15 is 0 Å². The number of aromatic nitrogens is 3. The van der Waals surface area contributed by atoms with Crippen LogP contribution in [0.2, 0.25) is 0 Å². The number of carbonyl (C=O) groups is 2. The van der Waals surface area contributed by atoms with Gasteiger partial charge in [-0.25, -0.2) is 4.98 Å². The van der Waals surface area contributed by atoms with Crippen molar-refractivity contribution in [2.45, 2.75) is 40.2 Å². The first-order valence-electron chi connectivity index (χ1n) is 12.0. The highest BCUT2D eigenvalue weighted by atomic mass is 16.5. The van der Waals surface area contributed by atoms with Gasteiger partial charge in [0.25, 0.3) is 11.9 Å². The van der Waals surface area contributed by atoms with Crippen molar-refractivity contribution in [3.05, 3.63) is 22.5 Å². The zero-order chi connectivity index (χ0) is 27.1. The summed E-state index contributed by atoms with van der Waals surface area (Å²) >= 11 is 0. The van der Waals surface area contributed by atoms with Crippen LogP contribution in [0.1, 0.15) is 54.0 Å². The Balaban J connectivity index is 2.19. The third-order valence-corrected chi connectivity index (χ3v) is 5.76. The van der Waals surface area contributed by atoms with Crippen LogP contribution in [-0.2, 0) is 16.1 Å². The molecule has 3 heterocycles. The maximum absolute atomic E-state index is 13.2. The molecule has 3 rings (SSSR count). The minimum Gasteiger partial charge on any atom is -0.465 e. The van der Waals surface area contributed by atoms with Gasteiger partial charge in [-0.15, -0.1) is 10.2 Å². The topological polar surface area (TPSA) is 165 Å². The third kappa shape index (κ3) is 5.67. The Morgan fingerprint density at radius 2 is 1.84 bits per heavy atom. The summed E-state index contributed by atoms with van der Waals surface area (Å²) < 4.78 is 6.16. The molecular formula is C24H30N10O3. The molecule has 0 saturated carbocycles. The number of ether oxygens (including phenoxy) is 1. The number of pyridine rings is 1. The van der Waals surface area contributed by atoms with Gasteiger partial charge < -0.3 is 19.9 Å². The number of carbonyl (C=O) groups excluding carboxylic acids is 2. The van der Waals surface area contributed by atoms with Crippen LogP contribution in [0.25, 0.3) is 0 Å². The van der Waals surface area contributed by atoms with Crippen LogP contribution in [0, 0.1) is 29.6 Å². The number of azo groups is 1. The van der Waals surface area contributed by atoms with Crippen molar-refractivity contribution in [1.29, 1.82) is 10.5 Å². The van der Waals surface area contributed by atoms with Crippen LogP contribution < -0.4 is 10.2 Å². The maximum atomic E-state index is 13.2. The van der Waals surface area contributed by atoms with Crippen LogP contribution in [0.15, 0.2) is 10.2 Å². The van der Waals surface area contributed by atoms with Gasteiger partial charge in [0.2, 0.25) is 0 Å². The molecule has 1 aliphatic rings. The number of esters is 1. The first-order chi connectivity index (χ1) is 17.8. The first-order valence-corrected chi connectivity index (χ1v) is 12.0. The number of imidazole rings is 1. The molecule has 0 unspecified atom stereocenters. The van der Waals surface area contributed by atoms with Crippen molar-refractivity contribution in [1.82, 2.24) is 19.4 Å². The molecule has 0 aliphatic carbocycles. The Labute approximate surface area is 215 Å². The molecule has 1 aliphatic heterocycles. The van der Waals surface area contributed by atoms with Gasteiger partial charge in [0.1, 0.15) is 30.2 Å². The number of anilines is 2. The van der Waals surface area contributed by atoms with E-state index in [1.54, 1.807) is 27.9 Å². The molecule has 0 bridgehead atoms. The summed E-state index contributed by atoms with van der Waals surface area (Å²) in [5.74, 6) is 0.0784. The van der Waals surface area contributed by atoms with Gasteiger partial charge in [-0.2, -0.15) is 15.5 Å². The number of hydrogen-bond acceptors (Lipinski definition) is 11. The van der Waals surface area contributed by atoms with E-state index < -0.39 is 5.97 Å². The van der Waals surface area contributed by atoms with Crippen LogP contribution in [-0.4, -0.2) is 71.6 Å². The number of nitrogens with one attached hydrogen (secondary N) is 1. The number of nitrogens with zero attached hydrogens (tertiary/aromatic N) is 9. The second kappa shape index (κ2) is 11.9. The average Bonchev–Trinajstić information content (AvgIpc) is 3.51. The maximum Gasteiger partial charge on any atom is 0.326 e. The zero-order valence-electron chi connectivity index (χ0n) is 21.7. The molecule has 2 aromatic heterocycles. The van der Waals surface area contributed by atoms with Crippen LogP contribution in [0.5, 0.6) is 0 Å². The SMILES string of the molecule is CCNc1nc(N2CCCC2)c(C(=O)N(C)C)c(C)c1N=Nc1nc(C#N)c(C#N)n1CC(=O)OCC. The van der Waals surface area contributed by atoms with Crippen molar-refractivity contribution in [2.24, 2.45) is 10.2 Å². The second-order valence-electron chi connectivity index (χ2n) is 8.48. The molecule has 37 heavy (non-hydrogen) atoms. The van der Waals surface area contributed by atoms with Crippen molar-refractivity contribution in [2.75, 3.05) is 50.6 Å². The molecule has 0 aromatic carbocycles. The molecule has 0 radical (unpaired) electrons. The summed E-state index contributed by atoms with van der Waals surface area (Å²) in [4.78, 5) is 37.8. The lowest BCUT2D eigenvalue weighted by molar-refractivity contribution is -0.143. The molecule has 2 aromatic rings. The highest BCUT2D eigenvalue weighted by Crippen LogP contribution is 2.38. The normalized spacial score (nSPS) is 12.9. The molecule has 13 heteroatoms. The summed E-state index contributed by atoms with van der Waals surface area (Å²) in [5.41, 5.74) is 1.000. The first kappa shape index (κ1) is 27.1. The molecule has 0 atom stereocenters. The van der Waals surface area contributed by atoms with E-state index in [9.17, 15) is 20.1 Å². The Morgan fingerprint density at radius 1 is 1.14 bits per heavy atom. The van der Waals surface area contributed by atoms with E-state index in [0.29, 0.717) is 35.0 Å². The summed E-state index contributed by atoms with van der Waals surface area (Å²) in [7, 11) is 3.35. The second-order valence-corrected chi connectivity index (χ2v) is 8.48. The van der Waals surface area contributed by atoms with Gasteiger partial charge in [-0.05, 0) is 39.2 Å². The molecular weight excluding hydrogens is 476 g/mol. The fourth-order valence-electron chi connectivity index (χ4n) is 4.02. The van der Waals surface area contributed by atoms with Crippen LogP contribution >= 0.6 is 0 Å². The van der Waals surface area contributed by atoms with Gasteiger partial charge in [0.15, 0.2) is 17.2 Å². The molecule has 1 fully saturated rings. The highest BCUT2D eigenvalue weighted by molar-refractivity contribution is 6.02. The van der Waals surface area contributed by atoms with Gasteiger partial charge >= 0.3 is 5.97 Å². The quantitative estimate of drug-likeness (QED) is 0.397. The summed E-state index contributed by atoms with van der Waals surface area (Å²) in [6.07, 6.45) is 2.03. The van der Waals surface area contributed by atoms with E-state index in [1.165, 1.54) is 9.47 Å². The van der Waals surface area contributed by atoms with Crippen molar-refractivity contribution in [3.63, 3.8) is 0 Å². The number of hydrogen-bond donors (Lipinski definition) is 1. The predicted octanol–water partition coefficient (Wildman–Crippen LogP) is 3.04. The monoisotopic (exact) mass is 506 g/mol. The molecule has 13 nitrogen and oxygen atoms in total. The Hall–Kier alpha value is -4.52. The van der Waals surface area contributed by atoms with Crippen molar-refractivity contribution in [3.8, 4) is 12.1 Å². The van der Waals surface area contributed by atoms with Gasteiger partial charge in [0.05, 0.1) is 12.2 Å². The van der Waals surface area contributed by atoms with E-state index in [-0.39, 0.29) is 36.4 Å². The van der Waals surface area contributed by atoms with Gasteiger partial charge in [-0.1, -0.05) is 0 Å². The number of amides is 1. The van der Waals surface area contributed by atoms with E-state index in [4.69, 9.17) is 9.72 Å². The molecule has 194 valence electrons. The predicted molar refractivity (Wildman–Crippen MR) is 135 cm³/mol. The fourth-order valence-corrected chi connectivity index (χ4v) is 4.02. The fraction of sp³-hybridized carbons (Fsp3) is 0.500. The van der Waals surface area contributed by atoms with E-state index in [2.05, 4.69) is 25.4 Å². The zero-order valence-corrected chi connectivity index (χ0v) is 21.7. The summed E-state index contributed by atoms with van der Waals surface area (Å²) in [6.45, 7) is 7.28. The van der Waals surface area contributed by atoms with Crippen LogP contribution in [0.4, 0.5) is 23.3 Å². The Bertz CT molecular complexity index is 1290. The van der Waals surface area contributed by atoms with Crippen LogP contribution in [0.3, 0.4) is 0 Å². The van der Waals surface area contributed by atoms with E-state index in [0.717, 1.165) is 25.9 Å². The van der Waals surface area contributed by atoms with Gasteiger partial charge in [0, 0.05) is 33.7 Å². The molecule has 1 saturated heterocycles. The lowest BCUT2D eigenvalue weighted by Crippen LogP contribution is -2.29. The summed E-state index contributed by atoms with van der Waals surface area (Å²) in [6, 6.07) is 3.73. The minimum atomic E-state index is -0.614. The molecule has 0 spiro atoms. The Kier molecular flexibility index (Phi) is 8.74. The number of nitriles is 2. The number of rotatable bonds is 9. The smallest absolute Gasteiger partial charge is 0.326 e. The van der Waals surface area contributed by atoms with Gasteiger partial charge in [-0.3, -0.25) is 14.2 Å². The van der Waals surface area contributed by atoms with Crippen molar-refractivity contribution >= 4 is 35.1 Å². The average molecular weight is 507 g/mol. The highest BCUT2D eigenvalue weighted by Gasteiger charge is 2.28. The van der Waals surface area contributed by atoms with Crippen molar-refractivity contribution < 1.29 is 14.3 Å². The summed E-state index contributed by atoms with van der Waals surface area (Å²) in [5, 5.41) is 30.7. The lowest BCUT2D eigenvalue weighted by atomic mass is 10.1. The molecule has 1 amide bonds. The van der Waals surface area contributed by atoms with E-state index in [1.807, 2.05) is 19.1 Å². The third-order valence-electron chi connectivity index (χ3n) is 5.76. The Morgan fingerprint density at radius 3 is 2.41 bits per heavy atom.